The van der Waals surface area contributed by atoms with Crippen molar-refractivity contribution in [3.05, 3.63) is 76.6 Å². The second-order valence-corrected chi connectivity index (χ2v) is 7.75. The van der Waals surface area contributed by atoms with Gasteiger partial charge in [0.1, 0.15) is 5.82 Å². The van der Waals surface area contributed by atoms with Gasteiger partial charge in [-0.25, -0.2) is 16.8 Å². The molecule has 122 valence electrons. The molecule has 0 N–H and O–H groups in total. The Morgan fingerprint density at radius 3 is 2.46 bits per heavy atom. The van der Waals surface area contributed by atoms with Gasteiger partial charge in [-0.3, -0.25) is 4.79 Å². The summed E-state index contributed by atoms with van der Waals surface area (Å²) in [6.45, 7) is 0. The van der Waals surface area contributed by atoms with Crippen molar-refractivity contribution < 1.29 is 17.6 Å². The van der Waals surface area contributed by atoms with Crippen LogP contribution in [0.3, 0.4) is 0 Å². The first-order valence-electron chi connectivity index (χ1n) is 6.87. The molecule has 4 nitrogen and oxygen atoms in total. The fourth-order valence-electron chi connectivity index (χ4n) is 2.33. The first-order valence-corrected chi connectivity index (χ1v) is 9.10. The van der Waals surface area contributed by atoms with Gasteiger partial charge in [0.2, 0.25) is 0 Å². The predicted molar refractivity (Wildman–Crippen MR) is 91.9 cm³/mol. The topological polar surface area (TPSA) is 56.1 Å². The number of rotatable bonds is 4. The van der Waals surface area contributed by atoms with Crippen molar-refractivity contribution >= 4 is 32.2 Å². The predicted octanol–water partition coefficient (Wildman–Crippen LogP) is 4.11. The Hall–Kier alpha value is -2.25. The Bertz CT molecular complexity index is 1030. The van der Waals surface area contributed by atoms with E-state index < -0.39 is 15.8 Å². The van der Waals surface area contributed by atoms with Crippen LogP contribution in [-0.4, -0.2) is 18.7 Å². The van der Waals surface area contributed by atoms with Crippen LogP contribution < -0.4 is 0 Å². The molecule has 0 spiro atoms. The third kappa shape index (κ3) is 2.92. The molecule has 0 radical (unpaired) electrons. The summed E-state index contributed by atoms with van der Waals surface area (Å²) >= 11 is 3.23. The molecule has 2 aromatic carbocycles. The van der Waals surface area contributed by atoms with Crippen molar-refractivity contribution in [2.24, 2.45) is 0 Å². The largest absolute Gasteiger partial charge is 0.298 e. The van der Waals surface area contributed by atoms with Crippen LogP contribution in [0.5, 0.6) is 0 Å². The van der Waals surface area contributed by atoms with Crippen molar-refractivity contribution in [1.82, 2.24) is 3.97 Å². The van der Waals surface area contributed by atoms with Crippen LogP contribution in [0.2, 0.25) is 0 Å². The van der Waals surface area contributed by atoms with Crippen molar-refractivity contribution in [3.8, 4) is 11.3 Å². The van der Waals surface area contributed by atoms with E-state index in [0.717, 1.165) is 3.97 Å². The second kappa shape index (κ2) is 6.33. The van der Waals surface area contributed by atoms with E-state index in [1.807, 2.05) is 0 Å². The number of carbonyl (C=O) groups is 1. The molecule has 24 heavy (non-hydrogen) atoms. The molecule has 0 fully saturated rings. The summed E-state index contributed by atoms with van der Waals surface area (Å²) in [5, 5.41) is 0. The van der Waals surface area contributed by atoms with Gasteiger partial charge in [-0.2, -0.15) is 0 Å². The van der Waals surface area contributed by atoms with Crippen LogP contribution in [0.25, 0.3) is 11.3 Å². The number of nitrogens with zero attached hydrogens (tertiary/aromatic N) is 1. The van der Waals surface area contributed by atoms with Gasteiger partial charge in [0, 0.05) is 21.8 Å². The van der Waals surface area contributed by atoms with Gasteiger partial charge in [0.05, 0.1) is 10.6 Å². The summed E-state index contributed by atoms with van der Waals surface area (Å²) < 4.78 is 41.5. The number of hydrogen-bond acceptors (Lipinski definition) is 3. The lowest BCUT2D eigenvalue weighted by Gasteiger charge is -2.11. The number of halogens is 2. The maximum absolute atomic E-state index is 14.1. The van der Waals surface area contributed by atoms with Gasteiger partial charge in [0.15, 0.2) is 6.29 Å². The van der Waals surface area contributed by atoms with Crippen LogP contribution in [0.15, 0.2) is 70.2 Å². The van der Waals surface area contributed by atoms with Gasteiger partial charge >= 0.3 is 0 Å². The molecule has 1 heterocycles. The zero-order valence-electron chi connectivity index (χ0n) is 12.2. The van der Waals surface area contributed by atoms with Gasteiger partial charge < -0.3 is 0 Å². The van der Waals surface area contributed by atoms with E-state index in [1.165, 1.54) is 42.6 Å². The Morgan fingerprint density at radius 1 is 1.04 bits per heavy atom. The summed E-state index contributed by atoms with van der Waals surface area (Å²) in [5.74, 6) is -0.571. The molecule has 0 aliphatic heterocycles. The Morgan fingerprint density at radius 2 is 1.79 bits per heavy atom. The number of hydrogen-bond donors (Lipinski definition) is 0. The van der Waals surface area contributed by atoms with E-state index in [9.17, 15) is 17.6 Å². The molecule has 0 bridgehead atoms. The number of aldehydes is 1. The zero-order valence-corrected chi connectivity index (χ0v) is 14.6. The highest BCUT2D eigenvalue weighted by Gasteiger charge is 2.23. The highest BCUT2D eigenvalue weighted by Crippen LogP contribution is 2.29. The minimum Gasteiger partial charge on any atom is -0.298 e. The molecule has 0 saturated heterocycles. The lowest BCUT2D eigenvalue weighted by Crippen LogP contribution is -2.13. The Labute approximate surface area is 146 Å². The molecule has 0 amide bonds. The van der Waals surface area contributed by atoms with E-state index in [0.29, 0.717) is 10.8 Å². The first kappa shape index (κ1) is 16.6. The van der Waals surface area contributed by atoms with Crippen molar-refractivity contribution in [2.45, 2.75) is 4.90 Å². The summed E-state index contributed by atoms with van der Waals surface area (Å²) in [4.78, 5) is 11.1. The van der Waals surface area contributed by atoms with Gasteiger partial charge in [-0.1, -0.05) is 34.1 Å². The fourth-order valence-corrected chi connectivity index (χ4v) is 4.31. The molecule has 0 aliphatic carbocycles. The normalized spacial score (nSPS) is 11.4. The third-order valence-electron chi connectivity index (χ3n) is 3.45. The molecular weight excluding hydrogens is 397 g/mol. The van der Waals surface area contributed by atoms with Gasteiger partial charge in [0.25, 0.3) is 10.0 Å². The lowest BCUT2D eigenvalue weighted by molar-refractivity contribution is 0.112. The molecule has 0 saturated carbocycles. The van der Waals surface area contributed by atoms with Gasteiger partial charge in [-0.05, 0) is 36.4 Å². The van der Waals surface area contributed by atoms with E-state index in [-0.39, 0.29) is 21.7 Å². The monoisotopic (exact) mass is 407 g/mol. The molecule has 0 atom stereocenters. The highest BCUT2D eigenvalue weighted by atomic mass is 79.9. The number of aromatic nitrogens is 1. The minimum absolute atomic E-state index is 0.0301. The van der Waals surface area contributed by atoms with E-state index in [1.54, 1.807) is 18.2 Å². The molecule has 0 unspecified atom stereocenters. The summed E-state index contributed by atoms with van der Waals surface area (Å²) in [6.07, 6.45) is 1.71. The fraction of sp³-hybridized carbons (Fsp3) is 0. The molecular formula is C17H11BrFNO3S. The van der Waals surface area contributed by atoms with Gasteiger partial charge in [-0.15, -0.1) is 0 Å². The molecule has 3 rings (SSSR count). The lowest BCUT2D eigenvalue weighted by atomic mass is 10.1. The number of benzene rings is 2. The van der Waals surface area contributed by atoms with Crippen LogP contribution in [0, 0.1) is 5.82 Å². The average Bonchev–Trinajstić information content (AvgIpc) is 3.00. The summed E-state index contributed by atoms with van der Waals surface area (Å²) in [5.41, 5.74) is 0.339. The van der Waals surface area contributed by atoms with E-state index in [4.69, 9.17) is 0 Å². The second-order valence-electron chi connectivity index (χ2n) is 5.01. The Kier molecular flexibility index (Phi) is 4.38. The SMILES string of the molecule is O=Cc1cc(-c2ccccc2F)n(S(=O)(=O)c2cccc(Br)c2)c1. The third-order valence-corrected chi connectivity index (χ3v) is 5.61. The van der Waals surface area contributed by atoms with Crippen molar-refractivity contribution in [3.63, 3.8) is 0 Å². The maximum Gasteiger partial charge on any atom is 0.268 e. The standard InChI is InChI=1S/C17H11BrFNO3S/c18-13-4-3-5-14(9-13)24(22,23)20-10-12(11-21)8-17(20)15-6-1-2-7-16(15)19/h1-11H. The minimum atomic E-state index is -3.99. The highest BCUT2D eigenvalue weighted by molar-refractivity contribution is 9.10. The smallest absolute Gasteiger partial charge is 0.268 e. The first-order chi connectivity index (χ1) is 11.4. The molecule has 7 heteroatoms. The Balaban J connectivity index is 2.27. The van der Waals surface area contributed by atoms with Crippen LogP contribution in [0.1, 0.15) is 10.4 Å². The van der Waals surface area contributed by atoms with Crippen LogP contribution in [0.4, 0.5) is 4.39 Å². The zero-order chi connectivity index (χ0) is 17.3. The molecule has 3 aromatic rings. The van der Waals surface area contributed by atoms with E-state index >= 15 is 0 Å². The van der Waals surface area contributed by atoms with Crippen molar-refractivity contribution in [1.29, 1.82) is 0 Å². The molecule has 0 aliphatic rings. The average molecular weight is 408 g/mol. The van der Waals surface area contributed by atoms with Crippen LogP contribution >= 0.6 is 15.9 Å². The maximum atomic E-state index is 14.1. The van der Waals surface area contributed by atoms with Crippen LogP contribution in [-0.2, 0) is 10.0 Å². The van der Waals surface area contributed by atoms with Crippen molar-refractivity contribution in [2.75, 3.05) is 0 Å². The number of carbonyl (C=O) groups excluding carboxylic acids is 1. The summed E-state index contributed by atoms with van der Waals surface area (Å²) in [7, 11) is -3.99. The summed E-state index contributed by atoms with van der Waals surface area (Å²) in [6, 6.07) is 13.3. The molecule has 1 aromatic heterocycles. The van der Waals surface area contributed by atoms with E-state index in [2.05, 4.69) is 15.9 Å². The quantitative estimate of drug-likeness (QED) is 0.611.